The van der Waals surface area contributed by atoms with E-state index >= 15 is 0 Å². The van der Waals surface area contributed by atoms with Crippen molar-refractivity contribution in [2.24, 2.45) is 0 Å². The van der Waals surface area contributed by atoms with Crippen LogP contribution in [0.25, 0.3) is 29.6 Å². The maximum absolute atomic E-state index is 3.57. The van der Waals surface area contributed by atoms with E-state index in [0.29, 0.717) is 0 Å². The molecule has 2 heterocycles. The van der Waals surface area contributed by atoms with Crippen molar-refractivity contribution in [2.45, 2.75) is 6.92 Å². The Labute approximate surface area is 121 Å². The molecule has 0 N–H and O–H groups in total. The third-order valence-corrected chi connectivity index (χ3v) is 6.21. The van der Waals surface area contributed by atoms with Crippen LogP contribution in [0.1, 0.15) is 5.56 Å². The van der Waals surface area contributed by atoms with Gasteiger partial charge in [0.25, 0.3) is 0 Å². The van der Waals surface area contributed by atoms with Crippen LogP contribution in [0.5, 0.6) is 0 Å². The molecule has 0 radical (unpaired) electrons. The van der Waals surface area contributed by atoms with Crippen molar-refractivity contribution in [1.29, 1.82) is 0 Å². The van der Waals surface area contributed by atoms with Crippen molar-refractivity contribution in [3.8, 4) is 0 Å². The Hall–Kier alpha value is -0.900. The molecule has 4 rings (SSSR count). The molecule has 0 nitrogen and oxygen atoms in total. The zero-order chi connectivity index (χ0) is 12.3. The summed E-state index contributed by atoms with van der Waals surface area (Å²) in [6, 6.07) is 13.3. The summed E-state index contributed by atoms with van der Waals surface area (Å²) in [4.78, 5) is 0. The van der Waals surface area contributed by atoms with Crippen LogP contribution in [-0.2, 0) is 0 Å². The standard InChI is InChI=1S/C15H9BrS2/c1-8-2-4-10-13(6-8)18-15-11-7-9(16)3-5-12(11)17-14(10)15/h2-7H,1H3. The highest BCUT2D eigenvalue weighted by atomic mass is 79.9. The quantitative estimate of drug-likeness (QED) is 0.352. The second-order valence-corrected chi connectivity index (χ2v) is 7.52. The fourth-order valence-electron chi connectivity index (χ4n) is 2.34. The lowest BCUT2D eigenvalue weighted by Gasteiger charge is -1.92. The Bertz CT molecular complexity index is 899. The molecule has 0 saturated heterocycles. The van der Waals surface area contributed by atoms with E-state index in [0.717, 1.165) is 4.47 Å². The maximum Gasteiger partial charge on any atom is 0.0542 e. The van der Waals surface area contributed by atoms with E-state index in [1.807, 2.05) is 22.7 Å². The maximum atomic E-state index is 3.57. The molecule has 0 aliphatic heterocycles. The zero-order valence-electron chi connectivity index (χ0n) is 9.66. The minimum absolute atomic E-state index is 1.16. The van der Waals surface area contributed by atoms with Crippen LogP contribution in [0.15, 0.2) is 40.9 Å². The van der Waals surface area contributed by atoms with Gasteiger partial charge in [0.05, 0.1) is 9.40 Å². The topological polar surface area (TPSA) is 0 Å². The molecule has 0 bridgehead atoms. The molecule has 0 fully saturated rings. The van der Waals surface area contributed by atoms with E-state index in [1.165, 1.54) is 35.1 Å². The monoisotopic (exact) mass is 332 g/mol. The van der Waals surface area contributed by atoms with E-state index in [9.17, 15) is 0 Å². The molecule has 88 valence electrons. The van der Waals surface area contributed by atoms with E-state index in [1.54, 1.807) is 0 Å². The van der Waals surface area contributed by atoms with Crippen LogP contribution >= 0.6 is 38.6 Å². The predicted molar refractivity (Wildman–Crippen MR) is 87.2 cm³/mol. The van der Waals surface area contributed by atoms with Gasteiger partial charge < -0.3 is 0 Å². The van der Waals surface area contributed by atoms with Crippen molar-refractivity contribution in [3.63, 3.8) is 0 Å². The number of aryl methyl sites for hydroxylation is 1. The average molecular weight is 333 g/mol. The highest BCUT2D eigenvalue weighted by Gasteiger charge is 2.11. The predicted octanol–water partition coefficient (Wildman–Crippen LogP) is 6.34. The van der Waals surface area contributed by atoms with Gasteiger partial charge in [0.2, 0.25) is 0 Å². The van der Waals surface area contributed by atoms with Crippen molar-refractivity contribution < 1.29 is 0 Å². The third-order valence-electron chi connectivity index (χ3n) is 3.20. The first-order valence-corrected chi connectivity index (χ1v) is 8.16. The Balaban J connectivity index is 2.25. The fourth-order valence-corrected chi connectivity index (χ4v) is 5.42. The summed E-state index contributed by atoms with van der Waals surface area (Å²) in [5.41, 5.74) is 1.34. The zero-order valence-corrected chi connectivity index (χ0v) is 12.9. The Morgan fingerprint density at radius 3 is 2.50 bits per heavy atom. The Morgan fingerprint density at radius 1 is 0.833 bits per heavy atom. The van der Waals surface area contributed by atoms with Gasteiger partial charge in [-0.3, -0.25) is 0 Å². The molecule has 0 saturated carbocycles. The van der Waals surface area contributed by atoms with Crippen LogP contribution in [0.3, 0.4) is 0 Å². The first-order valence-electron chi connectivity index (χ1n) is 5.73. The van der Waals surface area contributed by atoms with Gasteiger partial charge >= 0.3 is 0 Å². The van der Waals surface area contributed by atoms with Gasteiger partial charge in [0.1, 0.15) is 0 Å². The number of hydrogen-bond donors (Lipinski definition) is 0. The SMILES string of the molecule is Cc1ccc2c(c1)sc1c3cc(Br)ccc3sc21. The second-order valence-electron chi connectivity index (χ2n) is 4.50. The highest BCUT2D eigenvalue weighted by molar-refractivity contribution is 9.10. The molecule has 4 aromatic rings. The molecule has 0 aliphatic rings. The van der Waals surface area contributed by atoms with Gasteiger partial charge in [0, 0.05) is 24.6 Å². The molecule has 0 atom stereocenters. The van der Waals surface area contributed by atoms with Crippen molar-refractivity contribution >= 4 is 68.2 Å². The summed E-state index contributed by atoms with van der Waals surface area (Å²) in [6.07, 6.45) is 0. The fraction of sp³-hybridized carbons (Fsp3) is 0.0667. The van der Waals surface area contributed by atoms with Gasteiger partial charge in [-0.05, 0) is 36.8 Å². The molecular weight excluding hydrogens is 324 g/mol. The molecule has 0 spiro atoms. The van der Waals surface area contributed by atoms with E-state index in [-0.39, 0.29) is 0 Å². The summed E-state index contributed by atoms with van der Waals surface area (Å²) in [6.45, 7) is 2.15. The molecule has 3 heteroatoms. The van der Waals surface area contributed by atoms with Crippen LogP contribution in [0, 0.1) is 6.92 Å². The van der Waals surface area contributed by atoms with Crippen LogP contribution in [0.4, 0.5) is 0 Å². The number of rotatable bonds is 0. The molecule has 0 unspecified atom stereocenters. The van der Waals surface area contributed by atoms with Gasteiger partial charge in [-0.15, -0.1) is 22.7 Å². The Kier molecular flexibility index (Phi) is 2.31. The lowest BCUT2D eigenvalue weighted by atomic mass is 10.2. The number of thiophene rings is 2. The van der Waals surface area contributed by atoms with Crippen molar-refractivity contribution in [3.05, 3.63) is 46.4 Å². The number of benzene rings is 2. The normalized spacial score (nSPS) is 11.9. The largest absolute Gasteiger partial charge is 0.134 e. The summed E-state index contributed by atoms with van der Waals surface area (Å²) in [7, 11) is 0. The van der Waals surface area contributed by atoms with E-state index in [4.69, 9.17) is 0 Å². The lowest BCUT2D eigenvalue weighted by Crippen LogP contribution is -1.67. The molecule has 0 amide bonds. The molecule has 18 heavy (non-hydrogen) atoms. The summed E-state index contributed by atoms with van der Waals surface area (Å²) in [5.74, 6) is 0. The van der Waals surface area contributed by atoms with E-state index in [2.05, 4.69) is 59.3 Å². The van der Waals surface area contributed by atoms with Gasteiger partial charge in [0.15, 0.2) is 0 Å². The van der Waals surface area contributed by atoms with Crippen molar-refractivity contribution in [1.82, 2.24) is 0 Å². The molecule has 0 aliphatic carbocycles. The first-order chi connectivity index (χ1) is 8.72. The second kappa shape index (κ2) is 3.80. The summed E-state index contributed by atoms with van der Waals surface area (Å²) >= 11 is 7.38. The number of hydrogen-bond acceptors (Lipinski definition) is 2. The summed E-state index contributed by atoms with van der Waals surface area (Å²) in [5, 5.41) is 2.78. The number of halogens is 1. The minimum Gasteiger partial charge on any atom is -0.134 e. The molecule has 2 aromatic carbocycles. The lowest BCUT2D eigenvalue weighted by molar-refractivity contribution is 1.52. The van der Waals surface area contributed by atoms with Crippen LogP contribution in [-0.4, -0.2) is 0 Å². The van der Waals surface area contributed by atoms with Gasteiger partial charge in [-0.25, -0.2) is 0 Å². The number of fused-ring (bicyclic) bond motifs is 5. The van der Waals surface area contributed by atoms with Gasteiger partial charge in [-0.2, -0.15) is 0 Å². The average Bonchev–Trinajstić information content (AvgIpc) is 2.84. The van der Waals surface area contributed by atoms with Crippen LogP contribution < -0.4 is 0 Å². The molecule has 2 aromatic heterocycles. The third kappa shape index (κ3) is 1.48. The highest BCUT2D eigenvalue weighted by Crippen LogP contribution is 2.44. The van der Waals surface area contributed by atoms with E-state index < -0.39 is 0 Å². The van der Waals surface area contributed by atoms with Gasteiger partial charge in [-0.1, -0.05) is 28.1 Å². The smallest absolute Gasteiger partial charge is 0.0542 e. The van der Waals surface area contributed by atoms with Crippen LogP contribution in [0.2, 0.25) is 0 Å². The summed E-state index contributed by atoms with van der Waals surface area (Å²) < 4.78 is 6.79. The first kappa shape index (κ1) is 11.0. The minimum atomic E-state index is 1.16. The van der Waals surface area contributed by atoms with Crippen molar-refractivity contribution in [2.75, 3.05) is 0 Å². The molecular formula is C15H9BrS2. The Morgan fingerprint density at radius 2 is 1.61 bits per heavy atom.